The maximum atomic E-state index is 14.3. The van der Waals surface area contributed by atoms with Crippen LogP contribution in [0, 0.1) is 5.41 Å². The highest BCUT2D eigenvalue weighted by atomic mass is 16.5. The van der Waals surface area contributed by atoms with Crippen LogP contribution < -0.4 is 4.74 Å². The average molecular weight is 447 g/mol. The number of hydrogen-bond acceptors (Lipinski definition) is 3. The number of hydrogen-bond donors (Lipinski definition) is 0. The number of para-hydroxylation sites is 1. The van der Waals surface area contributed by atoms with Crippen molar-refractivity contribution >= 4 is 11.8 Å². The maximum absolute atomic E-state index is 14.3. The number of rotatable bonds is 4. The Labute approximate surface area is 196 Å². The quantitative estimate of drug-likeness (QED) is 0.684. The molecule has 2 amide bonds. The van der Waals surface area contributed by atoms with Crippen molar-refractivity contribution in [3.05, 3.63) is 65.7 Å². The SMILES string of the molecule is COc1ccccc1C(=O)N1[C@H](Cc2ccccc2)[C@@H]2C[C@@]3(C)[C@H](CCCC[C@@H]13)N2C(C)=O. The van der Waals surface area contributed by atoms with Crippen molar-refractivity contribution in [2.75, 3.05) is 7.11 Å². The molecule has 2 aliphatic heterocycles. The van der Waals surface area contributed by atoms with E-state index >= 15 is 0 Å². The third kappa shape index (κ3) is 3.53. The Morgan fingerprint density at radius 2 is 1.61 bits per heavy atom. The summed E-state index contributed by atoms with van der Waals surface area (Å²) >= 11 is 0. The summed E-state index contributed by atoms with van der Waals surface area (Å²) in [6, 6.07) is 18.2. The third-order valence-electron chi connectivity index (χ3n) is 8.43. The Hall–Kier alpha value is -2.82. The van der Waals surface area contributed by atoms with Crippen LogP contribution >= 0.6 is 0 Å². The lowest BCUT2D eigenvalue weighted by Crippen LogP contribution is -2.61. The number of carbonyl (C=O) groups is 2. The zero-order valence-electron chi connectivity index (χ0n) is 19.9. The van der Waals surface area contributed by atoms with E-state index in [0.29, 0.717) is 11.3 Å². The van der Waals surface area contributed by atoms with Gasteiger partial charge in [0.2, 0.25) is 5.91 Å². The van der Waals surface area contributed by atoms with Crippen LogP contribution in [0.5, 0.6) is 5.75 Å². The van der Waals surface area contributed by atoms with E-state index in [1.807, 2.05) is 30.3 Å². The van der Waals surface area contributed by atoms with Gasteiger partial charge in [0.1, 0.15) is 5.75 Å². The van der Waals surface area contributed by atoms with Crippen LogP contribution in [0.3, 0.4) is 0 Å². The summed E-state index contributed by atoms with van der Waals surface area (Å²) in [4.78, 5) is 31.6. The second kappa shape index (κ2) is 8.51. The summed E-state index contributed by atoms with van der Waals surface area (Å²) in [5.41, 5.74) is 1.72. The summed E-state index contributed by atoms with van der Waals surface area (Å²) in [5.74, 6) is 0.775. The number of carbonyl (C=O) groups excluding carboxylic acids is 2. The molecule has 3 aliphatic rings. The van der Waals surface area contributed by atoms with E-state index in [0.717, 1.165) is 38.5 Å². The molecule has 5 nitrogen and oxygen atoms in total. The zero-order valence-corrected chi connectivity index (χ0v) is 19.9. The van der Waals surface area contributed by atoms with Crippen molar-refractivity contribution in [2.45, 2.75) is 76.5 Å². The van der Waals surface area contributed by atoms with Crippen LogP contribution in [-0.2, 0) is 11.2 Å². The minimum absolute atomic E-state index is 0.0281. The van der Waals surface area contributed by atoms with Gasteiger partial charge in [-0.25, -0.2) is 0 Å². The smallest absolute Gasteiger partial charge is 0.258 e. The molecule has 1 aliphatic carbocycles. The number of methoxy groups -OCH3 is 1. The van der Waals surface area contributed by atoms with Crippen LogP contribution in [0.25, 0.3) is 0 Å². The summed E-state index contributed by atoms with van der Waals surface area (Å²) in [5, 5.41) is 0. The first kappa shape index (κ1) is 22.0. The molecular formula is C28H34N2O3. The summed E-state index contributed by atoms with van der Waals surface area (Å²) in [6.07, 6.45) is 5.91. The van der Waals surface area contributed by atoms with Gasteiger partial charge in [0.25, 0.3) is 5.91 Å². The van der Waals surface area contributed by atoms with E-state index in [2.05, 4.69) is 41.0 Å². The average Bonchev–Trinajstić information content (AvgIpc) is 2.98. The van der Waals surface area contributed by atoms with E-state index in [4.69, 9.17) is 4.74 Å². The van der Waals surface area contributed by atoms with Crippen molar-refractivity contribution in [3.8, 4) is 5.75 Å². The normalized spacial score (nSPS) is 30.6. The lowest BCUT2D eigenvalue weighted by Gasteiger charge is -2.51. The number of benzene rings is 2. The predicted molar refractivity (Wildman–Crippen MR) is 128 cm³/mol. The first-order chi connectivity index (χ1) is 16.0. The molecule has 0 aromatic heterocycles. The van der Waals surface area contributed by atoms with Crippen LogP contribution in [0.1, 0.15) is 61.9 Å². The van der Waals surface area contributed by atoms with Crippen molar-refractivity contribution in [1.29, 1.82) is 0 Å². The maximum Gasteiger partial charge on any atom is 0.258 e. The number of piperidine rings is 1. The van der Waals surface area contributed by atoms with Gasteiger partial charge in [0.05, 0.1) is 24.8 Å². The highest BCUT2D eigenvalue weighted by molar-refractivity contribution is 5.97. The van der Waals surface area contributed by atoms with Gasteiger partial charge < -0.3 is 14.5 Å². The molecule has 0 unspecified atom stereocenters. The molecule has 5 atom stereocenters. The third-order valence-corrected chi connectivity index (χ3v) is 8.43. The molecule has 0 spiro atoms. The molecule has 2 aromatic carbocycles. The fraction of sp³-hybridized carbons (Fsp3) is 0.500. The molecular weight excluding hydrogens is 412 g/mol. The Morgan fingerprint density at radius 1 is 0.970 bits per heavy atom. The van der Waals surface area contributed by atoms with E-state index < -0.39 is 0 Å². The van der Waals surface area contributed by atoms with E-state index in [1.165, 1.54) is 5.56 Å². The van der Waals surface area contributed by atoms with Gasteiger partial charge in [0.15, 0.2) is 0 Å². The second-order valence-corrected chi connectivity index (χ2v) is 10.2. The molecule has 174 valence electrons. The lowest BCUT2D eigenvalue weighted by molar-refractivity contribution is -0.133. The van der Waals surface area contributed by atoms with Gasteiger partial charge in [0, 0.05) is 24.4 Å². The molecule has 5 rings (SSSR count). The number of ether oxygens (including phenoxy) is 1. The molecule has 3 fully saturated rings. The Balaban J connectivity index is 1.65. The predicted octanol–water partition coefficient (Wildman–Crippen LogP) is 4.70. The van der Waals surface area contributed by atoms with E-state index in [1.54, 1.807) is 14.0 Å². The van der Waals surface area contributed by atoms with Crippen molar-refractivity contribution in [2.24, 2.45) is 5.41 Å². The van der Waals surface area contributed by atoms with Crippen LogP contribution in [0.4, 0.5) is 0 Å². The number of nitrogens with zero attached hydrogens (tertiary/aromatic N) is 2. The van der Waals surface area contributed by atoms with E-state index in [-0.39, 0.29) is 41.4 Å². The minimum atomic E-state index is -0.0856. The van der Waals surface area contributed by atoms with E-state index in [9.17, 15) is 9.59 Å². The summed E-state index contributed by atoms with van der Waals surface area (Å²) in [7, 11) is 1.62. The molecule has 2 bridgehead atoms. The van der Waals surface area contributed by atoms with Crippen molar-refractivity contribution in [3.63, 3.8) is 0 Å². The highest BCUT2D eigenvalue weighted by Crippen LogP contribution is 2.56. The fourth-order valence-corrected chi connectivity index (χ4v) is 7.06. The number of fused-ring (bicyclic) bond motifs is 1. The molecule has 0 N–H and O–H groups in total. The van der Waals surface area contributed by atoms with Gasteiger partial charge in [-0.1, -0.05) is 62.2 Å². The second-order valence-electron chi connectivity index (χ2n) is 10.2. The van der Waals surface area contributed by atoms with Gasteiger partial charge in [-0.3, -0.25) is 9.59 Å². The summed E-state index contributed by atoms with van der Waals surface area (Å²) < 4.78 is 5.58. The van der Waals surface area contributed by atoms with Gasteiger partial charge in [-0.15, -0.1) is 0 Å². The Morgan fingerprint density at radius 3 is 2.27 bits per heavy atom. The molecule has 1 saturated carbocycles. The first-order valence-corrected chi connectivity index (χ1v) is 12.2. The first-order valence-electron chi connectivity index (χ1n) is 12.2. The topological polar surface area (TPSA) is 49.9 Å². The van der Waals surface area contributed by atoms with Crippen molar-refractivity contribution < 1.29 is 14.3 Å². The van der Waals surface area contributed by atoms with Crippen molar-refractivity contribution in [1.82, 2.24) is 9.80 Å². The number of amides is 2. The molecule has 5 heteroatoms. The minimum Gasteiger partial charge on any atom is -0.496 e. The number of likely N-dealkylation sites (tertiary alicyclic amines) is 2. The standard InChI is InChI=1S/C28H34N2O3/c1-19(31)29-23-18-28(2)25(29)15-9-10-16-26(28)30(22(23)17-20-11-5-4-6-12-20)27(32)21-13-7-8-14-24(21)33-3/h4-8,11-14,22-23,25-26H,9-10,15-18H2,1-3H3/t22-,23+,25+,26-,28+/m1/s1. The molecule has 2 aromatic rings. The molecule has 0 radical (unpaired) electrons. The molecule has 2 heterocycles. The van der Waals surface area contributed by atoms with Gasteiger partial charge >= 0.3 is 0 Å². The fourth-order valence-electron chi connectivity index (χ4n) is 7.06. The van der Waals surface area contributed by atoms with Crippen LogP contribution in [-0.4, -0.2) is 52.9 Å². The van der Waals surface area contributed by atoms with Crippen LogP contribution in [0.2, 0.25) is 0 Å². The molecule has 33 heavy (non-hydrogen) atoms. The van der Waals surface area contributed by atoms with Gasteiger partial charge in [-0.05, 0) is 43.4 Å². The largest absolute Gasteiger partial charge is 0.496 e. The Kier molecular flexibility index (Phi) is 5.67. The lowest BCUT2D eigenvalue weighted by atomic mass is 9.69. The zero-order chi connectivity index (χ0) is 23.2. The highest BCUT2D eigenvalue weighted by Gasteiger charge is 2.63. The van der Waals surface area contributed by atoms with Gasteiger partial charge in [-0.2, -0.15) is 0 Å². The summed E-state index contributed by atoms with van der Waals surface area (Å²) in [6.45, 7) is 4.03. The Bertz CT molecular complexity index is 1040. The monoisotopic (exact) mass is 446 g/mol. The molecule has 2 saturated heterocycles. The van der Waals surface area contributed by atoms with Crippen LogP contribution in [0.15, 0.2) is 54.6 Å².